The van der Waals surface area contributed by atoms with Gasteiger partial charge in [-0.05, 0) is 68.8 Å². The molecule has 6 rings (SSSR count). The molecule has 4 fully saturated rings. The van der Waals surface area contributed by atoms with E-state index in [4.69, 9.17) is 0 Å². The predicted molar refractivity (Wildman–Crippen MR) is 101 cm³/mol. The minimum absolute atomic E-state index is 0.0387. The molecule has 0 unspecified atom stereocenters. The van der Waals surface area contributed by atoms with E-state index in [2.05, 4.69) is 15.4 Å². The van der Waals surface area contributed by atoms with Crippen LogP contribution in [0.2, 0.25) is 0 Å². The van der Waals surface area contributed by atoms with Crippen LogP contribution in [0.5, 0.6) is 0 Å². The number of pyridine rings is 1. The first-order chi connectivity index (χ1) is 14.3. The second-order valence-corrected chi connectivity index (χ2v) is 9.20. The average Bonchev–Trinajstić information content (AvgIpc) is 2.98. The normalized spacial score (nSPS) is 30.0. The summed E-state index contributed by atoms with van der Waals surface area (Å²) in [5.74, 6) is 2.27. The molecule has 2 aromatic rings. The Morgan fingerprint density at radius 3 is 2.30 bits per heavy atom. The molecular weight excluding hydrogens is 400 g/mol. The molecule has 2 heterocycles. The van der Waals surface area contributed by atoms with E-state index in [1.54, 1.807) is 0 Å². The van der Waals surface area contributed by atoms with Gasteiger partial charge in [-0.1, -0.05) is 0 Å². The van der Waals surface area contributed by atoms with E-state index in [0.29, 0.717) is 11.8 Å². The number of aryl methyl sites for hydroxylation is 1. The number of alkyl halides is 4. The third-order valence-electron chi connectivity index (χ3n) is 7.23. The van der Waals surface area contributed by atoms with Gasteiger partial charge in [-0.25, -0.2) is 27.2 Å². The van der Waals surface area contributed by atoms with Crippen molar-refractivity contribution in [1.82, 2.24) is 20.1 Å². The molecule has 9 heteroatoms. The molecule has 2 aromatic heterocycles. The largest absolute Gasteiger partial charge is 0.351 e. The minimum atomic E-state index is -2.99. The van der Waals surface area contributed by atoms with Gasteiger partial charge >= 0.3 is 0 Å². The second-order valence-electron chi connectivity index (χ2n) is 9.20. The summed E-state index contributed by atoms with van der Waals surface area (Å²) in [5.41, 5.74) is -1.11. The molecular formula is C21H24F4N4O. The van der Waals surface area contributed by atoms with Crippen LogP contribution in [0.4, 0.5) is 17.6 Å². The van der Waals surface area contributed by atoms with Crippen molar-refractivity contribution in [2.24, 2.45) is 23.7 Å². The molecule has 0 aliphatic heterocycles. The monoisotopic (exact) mass is 424 g/mol. The first-order valence-electron chi connectivity index (χ1n) is 10.5. The highest BCUT2D eigenvalue weighted by molar-refractivity contribution is 5.85. The van der Waals surface area contributed by atoms with Gasteiger partial charge in [-0.3, -0.25) is 4.79 Å². The van der Waals surface area contributed by atoms with Crippen LogP contribution < -0.4 is 5.32 Å². The number of amides is 1. The van der Waals surface area contributed by atoms with Crippen molar-refractivity contribution in [2.75, 3.05) is 0 Å². The number of nitrogens with one attached hydrogen (secondary N) is 1. The van der Waals surface area contributed by atoms with E-state index in [1.165, 1.54) is 18.0 Å². The Morgan fingerprint density at radius 1 is 1.10 bits per heavy atom. The van der Waals surface area contributed by atoms with Crippen LogP contribution in [0.1, 0.15) is 61.9 Å². The van der Waals surface area contributed by atoms with Crippen LogP contribution in [0.3, 0.4) is 0 Å². The third-order valence-corrected chi connectivity index (χ3v) is 7.23. The zero-order chi connectivity index (χ0) is 21.2. The average molecular weight is 424 g/mol. The van der Waals surface area contributed by atoms with Crippen molar-refractivity contribution in [2.45, 2.75) is 64.5 Å². The number of halogens is 4. The number of fused-ring (bicyclic) bond motifs is 1. The van der Waals surface area contributed by atoms with Crippen LogP contribution in [0.15, 0.2) is 6.07 Å². The summed E-state index contributed by atoms with van der Waals surface area (Å²) < 4.78 is 54.5. The molecule has 4 aliphatic carbocycles. The van der Waals surface area contributed by atoms with Crippen molar-refractivity contribution in [3.63, 3.8) is 0 Å². The lowest BCUT2D eigenvalue weighted by atomic mass is 9.54. The van der Waals surface area contributed by atoms with Gasteiger partial charge in [0.05, 0.1) is 11.1 Å². The molecule has 4 saturated carbocycles. The molecule has 4 bridgehead atoms. The molecule has 0 radical (unpaired) electrons. The van der Waals surface area contributed by atoms with Crippen molar-refractivity contribution >= 4 is 16.9 Å². The summed E-state index contributed by atoms with van der Waals surface area (Å²) >= 11 is 0. The summed E-state index contributed by atoms with van der Waals surface area (Å²) in [6, 6.07) is 0.861. The lowest BCUT2D eigenvalue weighted by Gasteiger charge is -2.54. The molecule has 0 aromatic carbocycles. The maximum atomic E-state index is 13.5. The van der Waals surface area contributed by atoms with E-state index < -0.39 is 24.1 Å². The number of carbonyl (C=O) groups excluding carboxylic acids is 1. The number of hydrogen-bond acceptors (Lipinski definition) is 3. The Balaban J connectivity index is 1.40. The van der Waals surface area contributed by atoms with Crippen molar-refractivity contribution < 1.29 is 22.4 Å². The van der Waals surface area contributed by atoms with Crippen LogP contribution in [-0.4, -0.2) is 26.7 Å². The Bertz CT molecular complexity index is 961. The zero-order valence-electron chi connectivity index (χ0n) is 16.6. The molecule has 0 spiro atoms. The van der Waals surface area contributed by atoms with Gasteiger partial charge < -0.3 is 5.32 Å². The quantitative estimate of drug-likeness (QED) is 0.716. The summed E-state index contributed by atoms with van der Waals surface area (Å²) in [6.07, 6.45) is -0.00449. The molecule has 1 amide bonds. The van der Waals surface area contributed by atoms with Gasteiger partial charge in [-0.15, -0.1) is 0 Å². The lowest BCUT2D eigenvalue weighted by Crippen LogP contribution is -2.56. The lowest BCUT2D eigenvalue weighted by molar-refractivity contribution is -0.125. The smallest absolute Gasteiger partial charge is 0.280 e. The van der Waals surface area contributed by atoms with Gasteiger partial charge in [0.1, 0.15) is 12.2 Å². The Morgan fingerprint density at radius 2 is 1.73 bits per heavy atom. The van der Waals surface area contributed by atoms with E-state index in [0.717, 1.165) is 43.6 Å². The minimum Gasteiger partial charge on any atom is -0.351 e. The van der Waals surface area contributed by atoms with Gasteiger partial charge in [-0.2, -0.15) is 5.10 Å². The highest BCUT2D eigenvalue weighted by Crippen LogP contribution is 2.53. The fraction of sp³-hybridized carbons (Fsp3) is 0.667. The summed E-state index contributed by atoms with van der Waals surface area (Å²) in [5, 5.41) is 7.35. The highest BCUT2D eigenvalue weighted by Gasteiger charge is 2.48. The molecule has 5 nitrogen and oxygen atoms in total. The Kier molecular flexibility index (Phi) is 4.74. The fourth-order valence-corrected chi connectivity index (χ4v) is 6.33. The van der Waals surface area contributed by atoms with Crippen molar-refractivity contribution in [3.05, 3.63) is 23.0 Å². The first kappa shape index (κ1) is 19.8. The number of nitrogens with zero attached hydrogens (tertiary/aromatic N) is 3. The van der Waals surface area contributed by atoms with E-state index >= 15 is 0 Å². The van der Waals surface area contributed by atoms with Crippen LogP contribution >= 0.6 is 0 Å². The number of aromatic nitrogens is 3. The second kappa shape index (κ2) is 7.20. The molecule has 0 atom stereocenters. The van der Waals surface area contributed by atoms with Gasteiger partial charge in [0.15, 0.2) is 5.65 Å². The SMILES string of the molecule is Cc1nn(CC(=O)NC2C3CC4CC(C3)CC2C4)c2nc(C(F)F)cc(C(F)F)c12. The number of hydrogen-bond donors (Lipinski definition) is 1. The van der Waals surface area contributed by atoms with E-state index in [-0.39, 0.29) is 35.2 Å². The predicted octanol–water partition coefficient (Wildman–Crippen LogP) is 4.56. The fourth-order valence-electron chi connectivity index (χ4n) is 6.33. The molecule has 1 N–H and O–H groups in total. The standard InChI is InChI=1S/C21H24F4N4O/c1-9-17-14(19(22)23)7-15(20(24)25)26-21(17)29(28-9)8-16(30)27-18-12-3-10-2-11(5-12)6-13(18)4-10/h7,10-13,18-20H,2-6,8H2,1H3,(H,27,30). The van der Waals surface area contributed by atoms with Gasteiger partial charge in [0.2, 0.25) is 5.91 Å². The summed E-state index contributed by atoms with van der Waals surface area (Å²) in [6.45, 7) is 1.29. The Hall–Kier alpha value is -2.19. The molecule has 162 valence electrons. The summed E-state index contributed by atoms with van der Waals surface area (Å²) in [7, 11) is 0. The highest BCUT2D eigenvalue weighted by atomic mass is 19.3. The Labute approximate surface area is 171 Å². The zero-order valence-corrected chi connectivity index (χ0v) is 16.6. The molecule has 30 heavy (non-hydrogen) atoms. The van der Waals surface area contributed by atoms with Crippen molar-refractivity contribution in [3.8, 4) is 0 Å². The molecule has 0 saturated heterocycles. The molecule has 4 aliphatic rings. The van der Waals surface area contributed by atoms with Gasteiger partial charge in [0, 0.05) is 11.6 Å². The van der Waals surface area contributed by atoms with E-state index in [1.807, 2.05) is 0 Å². The number of rotatable bonds is 5. The third kappa shape index (κ3) is 3.26. The number of carbonyl (C=O) groups is 1. The maximum absolute atomic E-state index is 13.5. The summed E-state index contributed by atoms with van der Waals surface area (Å²) in [4.78, 5) is 16.6. The van der Waals surface area contributed by atoms with Crippen molar-refractivity contribution in [1.29, 1.82) is 0 Å². The topological polar surface area (TPSA) is 59.8 Å². The van der Waals surface area contributed by atoms with Crippen LogP contribution in [0, 0.1) is 30.6 Å². The van der Waals surface area contributed by atoms with Crippen LogP contribution in [0.25, 0.3) is 11.0 Å². The van der Waals surface area contributed by atoms with E-state index in [9.17, 15) is 22.4 Å². The first-order valence-corrected chi connectivity index (χ1v) is 10.5. The van der Waals surface area contributed by atoms with Gasteiger partial charge in [0.25, 0.3) is 12.9 Å². The maximum Gasteiger partial charge on any atom is 0.280 e. The van der Waals surface area contributed by atoms with Crippen LogP contribution in [-0.2, 0) is 11.3 Å².